The molecular formula is C26H32ClN5O4S2. The first-order valence-corrected chi connectivity index (χ1v) is 14.1. The van der Waals surface area contributed by atoms with Crippen LogP contribution in [0.25, 0.3) is 11.0 Å². The summed E-state index contributed by atoms with van der Waals surface area (Å²) in [5, 5.41) is 4.37. The first-order chi connectivity index (χ1) is 18.5. The Kier molecular flexibility index (Phi) is 10.4. The molecule has 38 heavy (non-hydrogen) atoms. The molecule has 12 heteroatoms. The second-order valence-corrected chi connectivity index (χ2v) is 10.2. The van der Waals surface area contributed by atoms with E-state index in [2.05, 4.69) is 40.5 Å². The number of hydrogen-bond donors (Lipinski definition) is 3. The molecule has 1 fully saturated rings. The van der Waals surface area contributed by atoms with Crippen LogP contribution in [0.1, 0.15) is 0 Å². The van der Waals surface area contributed by atoms with E-state index in [4.69, 9.17) is 21.1 Å². The number of hydrogen-bond acceptors (Lipinski definition) is 8. The number of nitrogens with zero attached hydrogens (tertiary/aromatic N) is 4. The summed E-state index contributed by atoms with van der Waals surface area (Å²) in [7, 11) is 0. The lowest BCUT2D eigenvalue weighted by Gasteiger charge is -2.34. The fraction of sp³-hybridized carbons (Fsp3) is 0.423. The van der Waals surface area contributed by atoms with Crippen LogP contribution in [0, 0.1) is 0 Å². The molecule has 3 heterocycles. The number of nitrogens with one attached hydrogen (secondary N) is 1. The highest BCUT2D eigenvalue weighted by Gasteiger charge is 2.25. The van der Waals surface area contributed by atoms with Crippen molar-refractivity contribution in [3.05, 3.63) is 53.8 Å². The van der Waals surface area contributed by atoms with Crippen LogP contribution in [0.2, 0.25) is 5.02 Å². The number of thiol groups is 2. The molecule has 1 N–H and O–H groups in total. The van der Waals surface area contributed by atoms with Crippen molar-refractivity contribution in [3.8, 4) is 5.75 Å². The standard InChI is InChI=1S/C26H32ClN5O4S2/c27-19-3-5-20(6-4-19)36-18-21-14-30(9-11-35-21)23-15-32(26-22(23)2-1-7-29-26)17-25(34)31(10-13-38)16-24(33)28-8-12-37/h1-7,15,21,37-38H,8-14,16-18H2,(H,28,33). The van der Waals surface area contributed by atoms with Gasteiger partial charge in [-0.15, -0.1) is 0 Å². The van der Waals surface area contributed by atoms with E-state index in [-0.39, 0.29) is 31.0 Å². The number of carbonyl (C=O) groups excluding carboxylic acids is 2. The zero-order valence-corrected chi connectivity index (χ0v) is 23.5. The normalized spacial score (nSPS) is 15.4. The van der Waals surface area contributed by atoms with Crippen molar-refractivity contribution in [1.29, 1.82) is 0 Å². The van der Waals surface area contributed by atoms with Gasteiger partial charge in [-0.1, -0.05) is 11.6 Å². The average Bonchev–Trinajstić information content (AvgIpc) is 3.30. The third-order valence-electron chi connectivity index (χ3n) is 6.14. The molecule has 1 aliphatic rings. The van der Waals surface area contributed by atoms with Gasteiger partial charge in [0.25, 0.3) is 0 Å². The van der Waals surface area contributed by atoms with Crippen LogP contribution in [0.4, 0.5) is 5.69 Å². The first-order valence-electron chi connectivity index (χ1n) is 12.4. The van der Waals surface area contributed by atoms with Gasteiger partial charge in [-0.3, -0.25) is 9.59 Å². The van der Waals surface area contributed by atoms with E-state index in [0.29, 0.717) is 61.6 Å². The van der Waals surface area contributed by atoms with Gasteiger partial charge in [0.15, 0.2) is 0 Å². The fourth-order valence-corrected chi connectivity index (χ4v) is 4.80. The lowest BCUT2D eigenvalue weighted by atomic mass is 10.2. The third-order valence-corrected chi connectivity index (χ3v) is 6.81. The van der Waals surface area contributed by atoms with Crippen molar-refractivity contribution in [2.45, 2.75) is 12.6 Å². The number of carbonyl (C=O) groups is 2. The van der Waals surface area contributed by atoms with Gasteiger partial charge < -0.3 is 29.2 Å². The van der Waals surface area contributed by atoms with Crippen molar-refractivity contribution in [2.24, 2.45) is 0 Å². The van der Waals surface area contributed by atoms with Crippen molar-refractivity contribution >= 4 is 65.4 Å². The zero-order valence-electron chi connectivity index (χ0n) is 21.0. The van der Waals surface area contributed by atoms with Gasteiger partial charge in [-0.25, -0.2) is 4.98 Å². The van der Waals surface area contributed by atoms with Gasteiger partial charge in [-0.05, 0) is 36.4 Å². The first kappa shape index (κ1) is 28.4. The second-order valence-electron chi connectivity index (χ2n) is 8.83. The molecule has 1 aromatic carbocycles. The van der Waals surface area contributed by atoms with E-state index in [0.717, 1.165) is 16.8 Å². The van der Waals surface area contributed by atoms with Crippen molar-refractivity contribution in [3.63, 3.8) is 0 Å². The molecule has 0 saturated carbocycles. The molecular weight excluding hydrogens is 546 g/mol. The molecule has 1 atom stereocenters. The molecule has 0 radical (unpaired) electrons. The lowest BCUT2D eigenvalue weighted by molar-refractivity contribution is -0.136. The van der Waals surface area contributed by atoms with Gasteiger partial charge in [0.1, 0.15) is 30.7 Å². The van der Waals surface area contributed by atoms with Gasteiger partial charge in [-0.2, -0.15) is 25.3 Å². The molecule has 204 valence electrons. The second kappa shape index (κ2) is 14.0. The number of amides is 2. The summed E-state index contributed by atoms with van der Waals surface area (Å²) in [5.74, 6) is 1.33. The van der Waals surface area contributed by atoms with Crippen LogP contribution in [0.15, 0.2) is 48.8 Å². The Morgan fingerprint density at radius 1 is 1.21 bits per heavy atom. The maximum atomic E-state index is 13.2. The number of rotatable bonds is 12. The van der Waals surface area contributed by atoms with Gasteiger partial charge in [0.2, 0.25) is 11.8 Å². The third kappa shape index (κ3) is 7.49. The molecule has 3 aromatic rings. The Balaban J connectivity index is 1.46. The monoisotopic (exact) mass is 577 g/mol. The molecule has 0 spiro atoms. The van der Waals surface area contributed by atoms with Gasteiger partial charge in [0.05, 0.1) is 18.8 Å². The van der Waals surface area contributed by atoms with Crippen LogP contribution in [0.5, 0.6) is 5.75 Å². The lowest BCUT2D eigenvalue weighted by Crippen LogP contribution is -2.45. The van der Waals surface area contributed by atoms with E-state index in [9.17, 15) is 9.59 Å². The maximum absolute atomic E-state index is 13.2. The highest BCUT2D eigenvalue weighted by atomic mass is 35.5. The van der Waals surface area contributed by atoms with Crippen LogP contribution >= 0.6 is 36.9 Å². The van der Waals surface area contributed by atoms with Crippen LogP contribution < -0.4 is 15.0 Å². The van der Waals surface area contributed by atoms with E-state index < -0.39 is 0 Å². The summed E-state index contributed by atoms with van der Waals surface area (Å²) in [5.41, 5.74) is 1.69. The largest absolute Gasteiger partial charge is 0.491 e. The molecule has 0 bridgehead atoms. The molecule has 4 rings (SSSR count). The van der Waals surface area contributed by atoms with Crippen LogP contribution in [0.3, 0.4) is 0 Å². The smallest absolute Gasteiger partial charge is 0.243 e. The van der Waals surface area contributed by atoms with E-state index in [1.807, 2.05) is 35.0 Å². The van der Waals surface area contributed by atoms with Gasteiger partial charge in [0, 0.05) is 60.5 Å². The molecule has 2 amide bonds. The highest BCUT2D eigenvalue weighted by molar-refractivity contribution is 7.80. The number of morpholine rings is 1. The van der Waals surface area contributed by atoms with Crippen molar-refractivity contribution in [2.75, 3.05) is 62.3 Å². The molecule has 1 saturated heterocycles. The SMILES string of the molecule is O=C(CN(CCS)C(=O)Cn1cc(N2CCOC(COc3ccc(Cl)cc3)C2)c2cccnc21)NCCS. The zero-order chi connectivity index (χ0) is 26.9. The van der Waals surface area contributed by atoms with E-state index in [1.54, 1.807) is 18.3 Å². The minimum absolute atomic E-state index is 0.0224. The summed E-state index contributed by atoms with van der Waals surface area (Å²) < 4.78 is 13.7. The summed E-state index contributed by atoms with van der Waals surface area (Å²) in [6, 6.07) is 11.1. The topological polar surface area (TPSA) is 88.9 Å². The Morgan fingerprint density at radius 3 is 2.79 bits per heavy atom. The minimum Gasteiger partial charge on any atom is -0.491 e. The van der Waals surface area contributed by atoms with Crippen LogP contribution in [-0.2, 0) is 20.9 Å². The Morgan fingerprint density at radius 2 is 2.03 bits per heavy atom. The molecule has 9 nitrogen and oxygen atoms in total. The maximum Gasteiger partial charge on any atom is 0.243 e. The molecule has 1 unspecified atom stereocenters. The number of fused-ring (bicyclic) bond motifs is 1. The molecule has 2 aromatic heterocycles. The average molecular weight is 578 g/mol. The predicted molar refractivity (Wildman–Crippen MR) is 156 cm³/mol. The van der Waals surface area contributed by atoms with Gasteiger partial charge >= 0.3 is 0 Å². The van der Waals surface area contributed by atoms with Crippen molar-refractivity contribution < 1.29 is 19.1 Å². The Hall–Kier alpha value is -2.60. The van der Waals surface area contributed by atoms with Crippen LogP contribution in [-0.4, -0.2) is 89.8 Å². The van der Waals surface area contributed by atoms with E-state index in [1.165, 1.54) is 4.90 Å². The summed E-state index contributed by atoms with van der Waals surface area (Å²) in [6.07, 6.45) is 3.54. The number of anilines is 1. The number of halogens is 1. The fourth-order valence-electron chi connectivity index (χ4n) is 4.32. The number of benzene rings is 1. The molecule has 0 aliphatic carbocycles. The van der Waals surface area contributed by atoms with E-state index >= 15 is 0 Å². The van der Waals surface area contributed by atoms with Crippen molar-refractivity contribution in [1.82, 2.24) is 19.8 Å². The Labute approximate surface area is 238 Å². The summed E-state index contributed by atoms with van der Waals surface area (Å²) in [6.45, 7) is 3.16. The number of aromatic nitrogens is 2. The Bertz CT molecular complexity index is 1230. The summed E-state index contributed by atoms with van der Waals surface area (Å²) >= 11 is 14.3. The highest BCUT2D eigenvalue weighted by Crippen LogP contribution is 2.29. The predicted octanol–water partition coefficient (Wildman–Crippen LogP) is 2.78. The summed E-state index contributed by atoms with van der Waals surface area (Å²) in [4.78, 5) is 33.8. The molecule has 1 aliphatic heterocycles. The quantitative estimate of drug-likeness (QED) is 0.287. The number of ether oxygens (including phenoxy) is 2. The minimum atomic E-state index is -0.217. The number of pyridine rings is 1.